The van der Waals surface area contributed by atoms with Gasteiger partial charge in [0.05, 0.1) is 12.5 Å². The zero-order valence-electron chi connectivity index (χ0n) is 13.4. The van der Waals surface area contributed by atoms with Crippen LogP contribution in [0.25, 0.3) is 21.7 Å². The largest absolute Gasteiger partial charge is 0.497 e. The van der Waals surface area contributed by atoms with Crippen molar-refractivity contribution in [1.29, 1.82) is 0 Å². The van der Waals surface area contributed by atoms with Crippen molar-refractivity contribution in [2.24, 2.45) is 0 Å². The number of allylic oxidation sites excluding steroid dienone is 1. The Morgan fingerprint density at radius 2 is 1.78 bits per heavy atom. The molecular formula is C19H18O4. The summed E-state index contributed by atoms with van der Waals surface area (Å²) in [6.07, 6.45) is 1.99. The molecule has 0 amide bonds. The van der Waals surface area contributed by atoms with Gasteiger partial charge in [-0.1, -0.05) is 5.57 Å². The molecule has 0 aliphatic carbocycles. The van der Waals surface area contributed by atoms with Crippen molar-refractivity contribution in [2.75, 3.05) is 13.7 Å². The van der Waals surface area contributed by atoms with E-state index in [1.165, 1.54) is 5.57 Å². The lowest BCUT2D eigenvalue weighted by molar-refractivity contribution is 0.361. The number of fused-ring (bicyclic) bond motifs is 3. The third-order valence-corrected chi connectivity index (χ3v) is 3.63. The molecular weight excluding hydrogens is 292 g/mol. The van der Waals surface area contributed by atoms with E-state index in [1.54, 1.807) is 19.2 Å². The van der Waals surface area contributed by atoms with Crippen LogP contribution in [0.4, 0.5) is 0 Å². The number of ether oxygens (including phenoxy) is 2. The molecule has 3 aromatic rings. The molecule has 4 heteroatoms. The lowest BCUT2D eigenvalue weighted by Gasteiger charge is -2.07. The summed E-state index contributed by atoms with van der Waals surface area (Å²) in [6.45, 7) is 4.52. The van der Waals surface area contributed by atoms with Gasteiger partial charge < -0.3 is 13.9 Å². The van der Waals surface area contributed by atoms with Gasteiger partial charge in [-0.15, -0.1) is 0 Å². The van der Waals surface area contributed by atoms with Crippen molar-refractivity contribution in [3.63, 3.8) is 0 Å². The summed E-state index contributed by atoms with van der Waals surface area (Å²) in [5.41, 5.74) is 1.33. The predicted molar refractivity (Wildman–Crippen MR) is 91.5 cm³/mol. The van der Waals surface area contributed by atoms with Crippen LogP contribution in [-0.2, 0) is 0 Å². The standard InChI is InChI=1S/C19H18O4/c1-12(2)8-9-22-14-5-7-16-15-6-4-13(21-3)10-17(15)19(20)23-18(16)11-14/h4-8,10-11H,9H2,1-3H3. The maximum Gasteiger partial charge on any atom is 0.344 e. The van der Waals surface area contributed by atoms with Gasteiger partial charge in [0, 0.05) is 16.8 Å². The van der Waals surface area contributed by atoms with E-state index in [1.807, 2.05) is 44.2 Å². The molecule has 0 N–H and O–H groups in total. The number of hydrogen-bond acceptors (Lipinski definition) is 4. The van der Waals surface area contributed by atoms with Crippen LogP contribution in [-0.4, -0.2) is 13.7 Å². The first-order valence-electron chi connectivity index (χ1n) is 7.39. The Morgan fingerprint density at radius 1 is 1.04 bits per heavy atom. The lowest BCUT2D eigenvalue weighted by Crippen LogP contribution is -2.01. The van der Waals surface area contributed by atoms with Crippen LogP contribution in [0.5, 0.6) is 11.5 Å². The monoisotopic (exact) mass is 310 g/mol. The summed E-state index contributed by atoms with van der Waals surface area (Å²) in [4.78, 5) is 12.2. The fourth-order valence-corrected chi connectivity index (χ4v) is 2.41. The van der Waals surface area contributed by atoms with Gasteiger partial charge in [0.1, 0.15) is 23.7 Å². The average molecular weight is 310 g/mol. The Balaban J connectivity index is 2.09. The van der Waals surface area contributed by atoms with E-state index >= 15 is 0 Å². The first kappa shape index (κ1) is 15.2. The third kappa shape index (κ3) is 3.06. The smallest absolute Gasteiger partial charge is 0.344 e. The number of rotatable bonds is 4. The summed E-state index contributed by atoms with van der Waals surface area (Å²) >= 11 is 0. The molecule has 0 spiro atoms. The van der Waals surface area contributed by atoms with Crippen LogP contribution in [0.2, 0.25) is 0 Å². The summed E-state index contributed by atoms with van der Waals surface area (Å²) in [5.74, 6) is 1.30. The topological polar surface area (TPSA) is 48.7 Å². The van der Waals surface area contributed by atoms with Gasteiger partial charge in [-0.25, -0.2) is 4.79 Å². The van der Waals surface area contributed by atoms with Crippen molar-refractivity contribution < 1.29 is 13.9 Å². The lowest BCUT2D eigenvalue weighted by atomic mass is 10.1. The van der Waals surface area contributed by atoms with Crippen molar-refractivity contribution >= 4 is 21.7 Å². The second-order valence-electron chi connectivity index (χ2n) is 5.55. The van der Waals surface area contributed by atoms with Gasteiger partial charge >= 0.3 is 5.63 Å². The third-order valence-electron chi connectivity index (χ3n) is 3.63. The van der Waals surface area contributed by atoms with Crippen molar-refractivity contribution in [2.45, 2.75) is 13.8 Å². The molecule has 0 unspecified atom stereocenters. The van der Waals surface area contributed by atoms with E-state index in [2.05, 4.69) is 0 Å². The first-order valence-corrected chi connectivity index (χ1v) is 7.39. The summed E-state index contributed by atoms with van der Waals surface area (Å²) in [5, 5.41) is 2.22. The van der Waals surface area contributed by atoms with Crippen LogP contribution >= 0.6 is 0 Å². The Morgan fingerprint density at radius 3 is 2.52 bits per heavy atom. The maximum absolute atomic E-state index is 12.2. The quantitative estimate of drug-likeness (QED) is 0.409. The van der Waals surface area contributed by atoms with E-state index in [0.29, 0.717) is 29.1 Å². The van der Waals surface area contributed by atoms with Gasteiger partial charge in [0.2, 0.25) is 0 Å². The molecule has 4 nitrogen and oxygen atoms in total. The zero-order valence-corrected chi connectivity index (χ0v) is 13.4. The molecule has 0 radical (unpaired) electrons. The Hall–Kier alpha value is -2.75. The van der Waals surface area contributed by atoms with Crippen molar-refractivity contribution in [1.82, 2.24) is 0 Å². The molecule has 0 aliphatic rings. The highest BCUT2D eigenvalue weighted by Gasteiger charge is 2.09. The molecule has 23 heavy (non-hydrogen) atoms. The van der Waals surface area contributed by atoms with E-state index in [0.717, 1.165) is 10.8 Å². The first-order chi connectivity index (χ1) is 11.1. The molecule has 0 atom stereocenters. The van der Waals surface area contributed by atoms with E-state index < -0.39 is 0 Å². The van der Waals surface area contributed by atoms with Crippen LogP contribution in [0.1, 0.15) is 13.8 Å². The Labute approximate surface area is 133 Å². The molecule has 0 saturated heterocycles. The van der Waals surface area contributed by atoms with Crippen molar-refractivity contribution in [3.8, 4) is 11.5 Å². The van der Waals surface area contributed by atoms with E-state index in [4.69, 9.17) is 13.9 Å². The summed E-state index contributed by atoms with van der Waals surface area (Å²) < 4.78 is 16.3. The zero-order chi connectivity index (χ0) is 16.4. The molecule has 0 saturated carbocycles. The number of benzene rings is 2. The van der Waals surface area contributed by atoms with Gasteiger partial charge in [-0.05, 0) is 50.3 Å². The van der Waals surface area contributed by atoms with Gasteiger partial charge in [0.25, 0.3) is 0 Å². The van der Waals surface area contributed by atoms with Crippen LogP contribution in [0.15, 0.2) is 57.3 Å². The highest BCUT2D eigenvalue weighted by Crippen LogP contribution is 2.28. The molecule has 2 aromatic carbocycles. The molecule has 118 valence electrons. The van der Waals surface area contributed by atoms with Crippen LogP contribution in [0, 0.1) is 0 Å². The molecule has 1 aromatic heterocycles. The normalized spacial score (nSPS) is 10.7. The van der Waals surface area contributed by atoms with Gasteiger partial charge in [-0.3, -0.25) is 0 Å². The summed E-state index contributed by atoms with van der Waals surface area (Å²) in [7, 11) is 1.57. The Kier molecular flexibility index (Phi) is 4.06. The van der Waals surface area contributed by atoms with E-state index in [9.17, 15) is 4.79 Å². The minimum atomic E-state index is -0.382. The predicted octanol–water partition coefficient (Wildman–Crippen LogP) is 4.30. The highest BCUT2D eigenvalue weighted by molar-refractivity contribution is 6.04. The maximum atomic E-state index is 12.2. The van der Waals surface area contributed by atoms with Crippen LogP contribution < -0.4 is 15.1 Å². The number of hydrogen-bond donors (Lipinski definition) is 0. The molecule has 3 rings (SSSR count). The molecule has 1 heterocycles. The second kappa shape index (κ2) is 6.16. The molecule has 0 aliphatic heterocycles. The van der Waals surface area contributed by atoms with Crippen LogP contribution in [0.3, 0.4) is 0 Å². The van der Waals surface area contributed by atoms with Gasteiger partial charge in [0.15, 0.2) is 0 Å². The summed E-state index contributed by atoms with van der Waals surface area (Å²) in [6, 6.07) is 10.9. The van der Waals surface area contributed by atoms with Crippen molar-refractivity contribution in [3.05, 3.63) is 58.5 Å². The van der Waals surface area contributed by atoms with E-state index in [-0.39, 0.29) is 5.63 Å². The molecule has 0 bridgehead atoms. The number of methoxy groups -OCH3 is 1. The molecule has 0 fully saturated rings. The fraction of sp³-hybridized carbons (Fsp3) is 0.211. The second-order valence-corrected chi connectivity index (χ2v) is 5.55. The minimum absolute atomic E-state index is 0.382. The minimum Gasteiger partial charge on any atom is -0.497 e. The average Bonchev–Trinajstić information content (AvgIpc) is 2.54. The highest BCUT2D eigenvalue weighted by atomic mass is 16.5. The Bertz CT molecular complexity index is 947. The fourth-order valence-electron chi connectivity index (χ4n) is 2.41. The SMILES string of the molecule is COc1ccc2c(c1)c(=O)oc1cc(OCC=C(C)C)ccc12. The van der Waals surface area contributed by atoms with Gasteiger partial charge in [-0.2, -0.15) is 0 Å².